The Labute approximate surface area is 159 Å². The minimum Gasteiger partial charge on any atom is -0.309 e. The number of carbonyl (C=O) groups excluding carboxylic acids is 3. The molecule has 2 aromatic rings. The molecule has 1 unspecified atom stereocenters. The normalized spacial score (nSPS) is 18.3. The smallest absolute Gasteiger partial charge is 0.261 e. The highest BCUT2D eigenvalue weighted by Crippen LogP contribution is 2.34. The third-order valence-corrected chi connectivity index (χ3v) is 5.45. The summed E-state index contributed by atoms with van der Waals surface area (Å²) in [5.74, 6) is -0.718. The minimum absolute atomic E-state index is 0.0639. The SMILES string of the molecule is CC1Cc2cc(Br)ccc2N1C(=O)CCN1C(=O)c2ccccc2C1=O. The first-order valence-corrected chi connectivity index (χ1v) is 9.32. The van der Waals surface area contributed by atoms with E-state index in [1.165, 1.54) is 4.90 Å². The number of benzene rings is 2. The molecule has 5 nitrogen and oxygen atoms in total. The van der Waals surface area contributed by atoms with E-state index in [0.717, 1.165) is 22.1 Å². The Hall–Kier alpha value is -2.47. The predicted octanol–water partition coefficient (Wildman–Crippen LogP) is 3.41. The van der Waals surface area contributed by atoms with Crippen LogP contribution in [0, 0.1) is 0 Å². The van der Waals surface area contributed by atoms with Crippen molar-refractivity contribution in [3.8, 4) is 0 Å². The van der Waals surface area contributed by atoms with Gasteiger partial charge in [0.15, 0.2) is 0 Å². The van der Waals surface area contributed by atoms with Crippen LogP contribution >= 0.6 is 15.9 Å². The summed E-state index contributed by atoms with van der Waals surface area (Å²) in [4.78, 5) is 40.6. The molecule has 3 amide bonds. The number of hydrogen-bond donors (Lipinski definition) is 0. The van der Waals surface area contributed by atoms with Crippen molar-refractivity contribution >= 4 is 39.3 Å². The zero-order chi connectivity index (χ0) is 18.4. The third kappa shape index (κ3) is 2.65. The van der Waals surface area contributed by atoms with Gasteiger partial charge in [0.2, 0.25) is 5.91 Å². The van der Waals surface area contributed by atoms with Gasteiger partial charge in [-0.05, 0) is 49.2 Å². The number of anilines is 1. The van der Waals surface area contributed by atoms with Crippen LogP contribution in [0.25, 0.3) is 0 Å². The molecule has 4 rings (SSSR count). The Morgan fingerprint density at radius 1 is 1.12 bits per heavy atom. The number of fused-ring (bicyclic) bond motifs is 2. The molecular formula is C20H17BrN2O3. The van der Waals surface area contributed by atoms with Gasteiger partial charge >= 0.3 is 0 Å². The quantitative estimate of drug-likeness (QED) is 0.725. The van der Waals surface area contributed by atoms with Gasteiger partial charge in [-0.2, -0.15) is 0 Å². The van der Waals surface area contributed by atoms with E-state index in [1.54, 1.807) is 29.2 Å². The van der Waals surface area contributed by atoms with Crippen LogP contribution in [0.5, 0.6) is 0 Å². The molecule has 0 fully saturated rings. The maximum atomic E-state index is 12.8. The van der Waals surface area contributed by atoms with Crippen molar-refractivity contribution in [2.45, 2.75) is 25.8 Å². The zero-order valence-corrected chi connectivity index (χ0v) is 15.8. The van der Waals surface area contributed by atoms with E-state index in [9.17, 15) is 14.4 Å². The number of halogens is 1. The molecule has 2 heterocycles. The van der Waals surface area contributed by atoms with Crippen molar-refractivity contribution in [1.82, 2.24) is 4.90 Å². The molecule has 2 aliphatic rings. The molecule has 132 valence electrons. The van der Waals surface area contributed by atoms with Crippen molar-refractivity contribution in [2.75, 3.05) is 11.4 Å². The van der Waals surface area contributed by atoms with Crippen LogP contribution in [0.4, 0.5) is 5.69 Å². The molecule has 2 aliphatic heterocycles. The third-order valence-electron chi connectivity index (χ3n) is 4.95. The monoisotopic (exact) mass is 412 g/mol. The fourth-order valence-corrected chi connectivity index (χ4v) is 4.16. The molecule has 0 bridgehead atoms. The highest BCUT2D eigenvalue weighted by molar-refractivity contribution is 9.10. The molecule has 26 heavy (non-hydrogen) atoms. The summed E-state index contributed by atoms with van der Waals surface area (Å²) in [5.41, 5.74) is 2.86. The van der Waals surface area contributed by atoms with E-state index in [-0.39, 0.29) is 36.7 Å². The Kier molecular flexibility index (Phi) is 4.15. The molecule has 0 radical (unpaired) electrons. The Morgan fingerprint density at radius 2 is 1.77 bits per heavy atom. The Bertz CT molecular complexity index is 905. The van der Waals surface area contributed by atoms with Crippen LogP contribution in [0.1, 0.15) is 39.6 Å². The maximum absolute atomic E-state index is 12.8. The van der Waals surface area contributed by atoms with Crippen LogP contribution < -0.4 is 4.90 Å². The summed E-state index contributed by atoms with van der Waals surface area (Å²) in [7, 11) is 0. The van der Waals surface area contributed by atoms with Crippen molar-refractivity contribution in [3.63, 3.8) is 0 Å². The van der Waals surface area contributed by atoms with E-state index in [1.807, 2.05) is 25.1 Å². The topological polar surface area (TPSA) is 57.7 Å². The average Bonchev–Trinajstić information content (AvgIpc) is 3.07. The van der Waals surface area contributed by atoms with Crippen molar-refractivity contribution in [3.05, 3.63) is 63.6 Å². The van der Waals surface area contributed by atoms with Gasteiger partial charge < -0.3 is 4.90 Å². The molecule has 6 heteroatoms. The maximum Gasteiger partial charge on any atom is 0.261 e. The lowest BCUT2D eigenvalue weighted by Gasteiger charge is -2.24. The first-order valence-electron chi connectivity index (χ1n) is 8.53. The standard InChI is InChI=1S/C20H17BrN2O3/c1-12-10-13-11-14(21)6-7-17(13)23(12)18(24)8-9-22-19(25)15-4-2-3-5-16(15)20(22)26/h2-7,11-12H,8-10H2,1H3. The van der Waals surface area contributed by atoms with Gasteiger partial charge in [0.1, 0.15) is 0 Å². The highest BCUT2D eigenvalue weighted by Gasteiger charge is 2.36. The lowest BCUT2D eigenvalue weighted by atomic mass is 10.1. The van der Waals surface area contributed by atoms with E-state index < -0.39 is 0 Å². The molecule has 0 spiro atoms. The Balaban J connectivity index is 1.49. The summed E-state index contributed by atoms with van der Waals surface area (Å²) in [6, 6.07) is 12.7. The van der Waals surface area contributed by atoms with Crippen LogP contribution in [0.2, 0.25) is 0 Å². The van der Waals surface area contributed by atoms with E-state index >= 15 is 0 Å². The van der Waals surface area contributed by atoms with E-state index in [4.69, 9.17) is 0 Å². The predicted molar refractivity (Wildman–Crippen MR) is 101 cm³/mol. The average molecular weight is 413 g/mol. The van der Waals surface area contributed by atoms with Crippen LogP contribution in [-0.4, -0.2) is 35.2 Å². The van der Waals surface area contributed by atoms with Crippen molar-refractivity contribution < 1.29 is 14.4 Å². The second kappa shape index (κ2) is 6.36. The minimum atomic E-state index is -0.322. The summed E-state index contributed by atoms with van der Waals surface area (Å²) in [6.07, 6.45) is 0.916. The van der Waals surface area contributed by atoms with Gasteiger partial charge in [0.25, 0.3) is 11.8 Å². The van der Waals surface area contributed by atoms with Gasteiger partial charge in [-0.15, -0.1) is 0 Å². The van der Waals surface area contributed by atoms with Crippen LogP contribution in [0.3, 0.4) is 0 Å². The number of rotatable bonds is 3. The van der Waals surface area contributed by atoms with E-state index in [0.29, 0.717) is 11.1 Å². The molecule has 0 saturated carbocycles. The lowest BCUT2D eigenvalue weighted by molar-refractivity contribution is -0.119. The first-order chi connectivity index (χ1) is 12.5. The van der Waals surface area contributed by atoms with Crippen LogP contribution in [-0.2, 0) is 11.2 Å². The molecule has 0 aromatic heterocycles. The summed E-state index contributed by atoms with van der Waals surface area (Å²) in [5, 5.41) is 0. The molecule has 0 N–H and O–H groups in total. The molecule has 1 atom stereocenters. The number of carbonyl (C=O) groups is 3. The summed E-state index contributed by atoms with van der Waals surface area (Å²) in [6.45, 7) is 2.11. The second-order valence-electron chi connectivity index (χ2n) is 6.65. The van der Waals surface area contributed by atoms with Gasteiger partial charge in [0.05, 0.1) is 11.1 Å². The van der Waals surface area contributed by atoms with Gasteiger partial charge in [0, 0.05) is 29.2 Å². The second-order valence-corrected chi connectivity index (χ2v) is 7.56. The largest absolute Gasteiger partial charge is 0.309 e. The molecule has 0 aliphatic carbocycles. The van der Waals surface area contributed by atoms with Crippen LogP contribution in [0.15, 0.2) is 46.9 Å². The number of nitrogens with zero attached hydrogens (tertiary/aromatic N) is 2. The number of amides is 3. The van der Waals surface area contributed by atoms with E-state index in [2.05, 4.69) is 15.9 Å². The fourth-order valence-electron chi connectivity index (χ4n) is 3.75. The van der Waals surface area contributed by atoms with Crippen molar-refractivity contribution in [2.24, 2.45) is 0 Å². The highest BCUT2D eigenvalue weighted by atomic mass is 79.9. The molecular weight excluding hydrogens is 396 g/mol. The lowest BCUT2D eigenvalue weighted by Crippen LogP contribution is -2.39. The summed E-state index contributed by atoms with van der Waals surface area (Å²) < 4.78 is 0.990. The van der Waals surface area contributed by atoms with Gasteiger partial charge in [-0.25, -0.2) is 0 Å². The van der Waals surface area contributed by atoms with Crippen molar-refractivity contribution in [1.29, 1.82) is 0 Å². The molecule has 2 aromatic carbocycles. The summed E-state index contributed by atoms with van der Waals surface area (Å²) >= 11 is 3.46. The Morgan fingerprint density at radius 3 is 2.42 bits per heavy atom. The number of imide groups is 1. The fraction of sp³-hybridized carbons (Fsp3) is 0.250. The van der Waals surface area contributed by atoms with Gasteiger partial charge in [-0.1, -0.05) is 28.1 Å². The zero-order valence-electron chi connectivity index (χ0n) is 14.2. The number of hydrogen-bond acceptors (Lipinski definition) is 3. The first kappa shape index (κ1) is 17.0. The van der Waals surface area contributed by atoms with Gasteiger partial charge in [-0.3, -0.25) is 19.3 Å². The molecule has 0 saturated heterocycles.